The molecule has 0 aliphatic carbocycles. The zero-order chi connectivity index (χ0) is 16.1. The Labute approximate surface area is 135 Å². The summed E-state index contributed by atoms with van der Waals surface area (Å²) in [6, 6.07) is 5.55. The first-order valence-corrected chi connectivity index (χ1v) is 7.84. The monoisotopic (exact) mass is 312 g/mol. The minimum absolute atomic E-state index is 0.0910. The van der Waals surface area contributed by atoms with E-state index in [1.165, 1.54) is 0 Å². The van der Waals surface area contributed by atoms with Gasteiger partial charge in [0.15, 0.2) is 5.82 Å². The molecule has 1 fully saturated rings. The average Bonchev–Trinajstić information content (AvgIpc) is 2.63. The molecule has 1 saturated heterocycles. The maximum atomic E-state index is 12.4. The molecule has 0 saturated carbocycles. The van der Waals surface area contributed by atoms with Crippen molar-refractivity contribution in [1.29, 1.82) is 0 Å². The van der Waals surface area contributed by atoms with Crippen LogP contribution < -0.4 is 0 Å². The summed E-state index contributed by atoms with van der Waals surface area (Å²) in [4.78, 5) is 26.8. The molecular formula is C17H20N4O2. The van der Waals surface area contributed by atoms with E-state index >= 15 is 0 Å². The van der Waals surface area contributed by atoms with Crippen LogP contribution in [-0.2, 0) is 4.74 Å². The first kappa shape index (κ1) is 15.6. The van der Waals surface area contributed by atoms with Crippen molar-refractivity contribution < 1.29 is 9.53 Å². The van der Waals surface area contributed by atoms with Gasteiger partial charge in [0.2, 0.25) is 0 Å². The van der Waals surface area contributed by atoms with Crippen LogP contribution >= 0.6 is 0 Å². The van der Waals surface area contributed by atoms with E-state index in [2.05, 4.69) is 15.0 Å². The van der Waals surface area contributed by atoms with Crippen LogP contribution in [0.2, 0.25) is 0 Å². The smallest absolute Gasteiger partial charge is 0.256 e. The summed E-state index contributed by atoms with van der Waals surface area (Å²) in [6.07, 6.45) is 8.20. The number of aromatic nitrogens is 3. The van der Waals surface area contributed by atoms with Gasteiger partial charge in [0.25, 0.3) is 5.91 Å². The molecule has 0 bridgehead atoms. The Hall–Kier alpha value is -2.34. The van der Waals surface area contributed by atoms with E-state index in [1.54, 1.807) is 30.5 Å². The summed E-state index contributed by atoms with van der Waals surface area (Å²) in [7, 11) is 1.78. The molecule has 0 spiro atoms. The molecule has 6 nitrogen and oxygen atoms in total. The van der Waals surface area contributed by atoms with Crippen LogP contribution in [0.25, 0.3) is 11.5 Å². The lowest BCUT2D eigenvalue weighted by Crippen LogP contribution is -2.37. The Morgan fingerprint density at radius 3 is 2.74 bits per heavy atom. The highest BCUT2D eigenvalue weighted by Crippen LogP contribution is 2.15. The summed E-state index contributed by atoms with van der Waals surface area (Å²) in [5, 5.41) is 0. The third-order valence-corrected chi connectivity index (χ3v) is 3.89. The number of hydrogen-bond donors (Lipinski definition) is 0. The average molecular weight is 312 g/mol. The van der Waals surface area contributed by atoms with Gasteiger partial charge < -0.3 is 9.64 Å². The van der Waals surface area contributed by atoms with Crippen molar-refractivity contribution in [3.63, 3.8) is 0 Å². The van der Waals surface area contributed by atoms with Crippen LogP contribution in [0.5, 0.6) is 0 Å². The van der Waals surface area contributed by atoms with Crippen molar-refractivity contribution in [3.8, 4) is 11.5 Å². The molecule has 6 heteroatoms. The van der Waals surface area contributed by atoms with E-state index < -0.39 is 0 Å². The number of hydrogen-bond acceptors (Lipinski definition) is 5. The molecule has 2 aromatic heterocycles. The predicted octanol–water partition coefficient (Wildman–Crippen LogP) is 2.18. The number of nitrogens with zero attached hydrogens (tertiary/aromatic N) is 4. The Balaban J connectivity index is 1.65. The van der Waals surface area contributed by atoms with E-state index in [0.29, 0.717) is 23.6 Å². The summed E-state index contributed by atoms with van der Waals surface area (Å²) >= 11 is 0. The zero-order valence-corrected chi connectivity index (χ0v) is 13.2. The van der Waals surface area contributed by atoms with E-state index in [4.69, 9.17) is 4.74 Å². The van der Waals surface area contributed by atoms with Gasteiger partial charge in [-0.05, 0) is 31.4 Å². The summed E-state index contributed by atoms with van der Waals surface area (Å²) < 4.78 is 5.68. The minimum atomic E-state index is -0.0910. The van der Waals surface area contributed by atoms with Crippen LogP contribution in [0.4, 0.5) is 0 Å². The number of carbonyl (C=O) groups is 1. The Morgan fingerprint density at radius 1 is 1.26 bits per heavy atom. The zero-order valence-electron chi connectivity index (χ0n) is 13.2. The van der Waals surface area contributed by atoms with Gasteiger partial charge in [-0.2, -0.15) is 0 Å². The van der Waals surface area contributed by atoms with Gasteiger partial charge in [-0.25, -0.2) is 9.97 Å². The van der Waals surface area contributed by atoms with Crippen molar-refractivity contribution in [2.45, 2.75) is 25.4 Å². The van der Waals surface area contributed by atoms with Crippen LogP contribution in [0, 0.1) is 0 Å². The number of amides is 1. The molecule has 0 radical (unpaired) electrons. The van der Waals surface area contributed by atoms with Crippen molar-refractivity contribution in [2.24, 2.45) is 0 Å². The van der Waals surface area contributed by atoms with Gasteiger partial charge in [-0.1, -0.05) is 6.07 Å². The van der Waals surface area contributed by atoms with Gasteiger partial charge in [-0.3, -0.25) is 9.78 Å². The summed E-state index contributed by atoms with van der Waals surface area (Å²) in [6.45, 7) is 1.38. The summed E-state index contributed by atoms with van der Waals surface area (Å²) in [5.74, 6) is 0.423. The topological polar surface area (TPSA) is 68.2 Å². The number of ether oxygens (including phenoxy) is 1. The number of likely N-dealkylation sites (N-methyl/N-ethyl adjacent to an activating group) is 1. The fraction of sp³-hybridized carbons (Fsp3) is 0.412. The van der Waals surface area contributed by atoms with Crippen molar-refractivity contribution >= 4 is 5.91 Å². The molecular weight excluding hydrogens is 292 g/mol. The summed E-state index contributed by atoms with van der Waals surface area (Å²) in [5.41, 5.74) is 1.17. The Morgan fingerprint density at radius 2 is 2.09 bits per heavy atom. The highest BCUT2D eigenvalue weighted by Gasteiger charge is 2.20. The minimum Gasteiger partial charge on any atom is -0.376 e. The number of pyridine rings is 1. The predicted molar refractivity (Wildman–Crippen MR) is 85.8 cm³/mol. The molecule has 1 aliphatic rings. The highest BCUT2D eigenvalue weighted by atomic mass is 16.5. The maximum Gasteiger partial charge on any atom is 0.256 e. The molecule has 2 aromatic rings. The Kier molecular flexibility index (Phi) is 4.92. The van der Waals surface area contributed by atoms with E-state index in [-0.39, 0.29) is 12.0 Å². The lowest BCUT2D eigenvalue weighted by atomic mass is 10.1. The third kappa shape index (κ3) is 3.90. The van der Waals surface area contributed by atoms with Crippen molar-refractivity contribution in [2.75, 3.05) is 20.2 Å². The lowest BCUT2D eigenvalue weighted by Gasteiger charge is -2.27. The second kappa shape index (κ2) is 7.28. The van der Waals surface area contributed by atoms with Crippen molar-refractivity contribution in [1.82, 2.24) is 19.9 Å². The molecule has 3 heterocycles. The molecule has 120 valence electrons. The standard InChI is InChI=1S/C17H20N4O2/c1-21(12-14-6-3-5-9-23-14)17(22)13-10-19-16(20-11-13)15-7-2-4-8-18-15/h2,4,7-8,10-11,14H,3,5-6,9,12H2,1H3/t14-/m1/s1. The van der Waals surface area contributed by atoms with Gasteiger partial charge in [0.1, 0.15) is 5.69 Å². The van der Waals surface area contributed by atoms with E-state index in [1.807, 2.05) is 18.2 Å². The molecule has 1 aliphatic heterocycles. The van der Waals surface area contributed by atoms with Crippen LogP contribution in [0.15, 0.2) is 36.8 Å². The fourth-order valence-electron chi connectivity index (χ4n) is 2.63. The fourth-order valence-corrected chi connectivity index (χ4v) is 2.63. The van der Waals surface area contributed by atoms with Gasteiger partial charge in [-0.15, -0.1) is 0 Å². The SMILES string of the molecule is CN(C[C@H]1CCCCO1)C(=O)c1cnc(-c2ccccn2)nc1. The quantitative estimate of drug-likeness (QED) is 0.865. The number of rotatable bonds is 4. The van der Waals surface area contributed by atoms with Gasteiger partial charge >= 0.3 is 0 Å². The van der Waals surface area contributed by atoms with Gasteiger partial charge in [0.05, 0.1) is 11.7 Å². The third-order valence-electron chi connectivity index (χ3n) is 3.89. The molecule has 1 amide bonds. The first-order valence-electron chi connectivity index (χ1n) is 7.84. The largest absolute Gasteiger partial charge is 0.376 e. The van der Waals surface area contributed by atoms with Gasteiger partial charge in [0, 0.05) is 38.8 Å². The van der Waals surface area contributed by atoms with Crippen LogP contribution in [-0.4, -0.2) is 52.1 Å². The normalized spacial score (nSPS) is 17.7. The van der Waals surface area contributed by atoms with Crippen LogP contribution in [0.1, 0.15) is 29.6 Å². The maximum absolute atomic E-state index is 12.4. The first-order chi connectivity index (χ1) is 11.2. The highest BCUT2D eigenvalue weighted by molar-refractivity contribution is 5.93. The number of carbonyl (C=O) groups excluding carboxylic acids is 1. The molecule has 1 atom stereocenters. The molecule has 0 aromatic carbocycles. The molecule has 0 unspecified atom stereocenters. The lowest BCUT2D eigenvalue weighted by molar-refractivity contribution is -0.000203. The van der Waals surface area contributed by atoms with Crippen molar-refractivity contribution in [3.05, 3.63) is 42.4 Å². The second-order valence-electron chi connectivity index (χ2n) is 5.68. The van der Waals surface area contributed by atoms with Crippen LogP contribution in [0.3, 0.4) is 0 Å². The second-order valence-corrected chi connectivity index (χ2v) is 5.68. The molecule has 0 N–H and O–H groups in total. The van der Waals surface area contributed by atoms with E-state index in [9.17, 15) is 4.79 Å². The Bertz CT molecular complexity index is 639. The molecule has 23 heavy (non-hydrogen) atoms. The molecule has 3 rings (SSSR count). The van der Waals surface area contributed by atoms with E-state index in [0.717, 1.165) is 25.9 Å².